The molecule has 2 rings (SSSR count). The Morgan fingerprint density at radius 2 is 2.18 bits per heavy atom. The molecule has 0 saturated carbocycles. The van der Waals surface area contributed by atoms with Crippen LogP contribution in [0, 0.1) is 0 Å². The Morgan fingerprint density at radius 1 is 1.35 bits per heavy atom. The molecule has 92 valence electrons. The average Bonchev–Trinajstić information content (AvgIpc) is 2.76. The van der Waals surface area contributed by atoms with Crippen LogP contribution in [-0.4, -0.2) is 26.2 Å². The molecule has 0 atom stereocenters. The first-order valence-corrected chi connectivity index (χ1v) is 6.20. The molecule has 0 bridgehead atoms. The Balaban J connectivity index is 1.81. The van der Waals surface area contributed by atoms with Crippen molar-refractivity contribution in [2.75, 3.05) is 20.2 Å². The standard InChI is InChI=1S/C14H19NO2/c1-15-10-14(16)17-8-7-11-5-6-12-3-2-4-13(12)9-11/h5-6,9,15H,2-4,7-8,10H2,1H3. The van der Waals surface area contributed by atoms with Gasteiger partial charge < -0.3 is 10.1 Å². The summed E-state index contributed by atoms with van der Waals surface area (Å²) in [5, 5.41) is 2.78. The second-order valence-electron chi connectivity index (χ2n) is 4.46. The van der Waals surface area contributed by atoms with Gasteiger partial charge in [0.2, 0.25) is 0 Å². The molecule has 0 spiro atoms. The summed E-state index contributed by atoms with van der Waals surface area (Å²) in [7, 11) is 1.74. The van der Waals surface area contributed by atoms with Crippen LogP contribution in [0.5, 0.6) is 0 Å². The number of aryl methyl sites for hydroxylation is 2. The zero-order valence-electron chi connectivity index (χ0n) is 10.3. The van der Waals surface area contributed by atoms with Crippen molar-refractivity contribution in [1.82, 2.24) is 5.32 Å². The fourth-order valence-electron chi connectivity index (χ4n) is 2.26. The van der Waals surface area contributed by atoms with Crippen LogP contribution in [0.3, 0.4) is 0 Å². The number of rotatable bonds is 5. The molecule has 1 aliphatic carbocycles. The van der Waals surface area contributed by atoms with Crippen LogP contribution in [0.15, 0.2) is 18.2 Å². The normalized spacial score (nSPS) is 13.5. The number of likely N-dealkylation sites (N-methyl/N-ethyl adjacent to an activating group) is 1. The van der Waals surface area contributed by atoms with Crippen molar-refractivity contribution < 1.29 is 9.53 Å². The maximum atomic E-state index is 11.1. The van der Waals surface area contributed by atoms with E-state index in [1.54, 1.807) is 7.05 Å². The monoisotopic (exact) mass is 233 g/mol. The second-order valence-corrected chi connectivity index (χ2v) is 4.46. The fourth-order valence-corrected chi connectivity index (χ4v) is 2.26. The van der Waals surface area contributed by atoms with Crippen LogP contribution >= 0.6 is 0 Å². The molecule has 0 saturated heterocycles. The minimum Gasteiger partial charge on any atom is -0.464 e. The van der Waals surface area contributed by atoms with Gasteiger partial charge in [0.15, 0.2) is 0 Å². The van der Waals surface area contributed by atoms with E-state index in [-0.39, 0.29) is 12.5 Å². The summed E-state index contributed by atoms with van der Waals surface area (Å²) in [6.07, 6.45) is 4.49. The van der Waals surface area contributed by atoms with Gasteiger partial charge in [-0.2, -0.15) is 0 Å². The third-order valence-corrected chi connectivity index (χ3v) is 3.14. The number of ether oxygens (including phenoxy) is 1. The highest BCUT2D eigenvalue weighted by Crippen LogP contribution is 2.22. The Morgan fingerprint density at radius 3 is 3.00 bits per heavy atom. The summed E-state index contributed by atoms with van der Waals surface area (Å²) < 4.78 is 5.10. The molecule has 0 radical (unpaired) electrons. The summed E-state index contributed by atoms with van der Waals surface area (Å²) >= 11 is 0. The second kappa shape index (κ2) is 5.82. The summed E-state index contributed by atoms with van der Waals surface area (Å²) in [4.78, 5) is 11.1. The summed E-state index contributed by atoms with van der Waals surface area (Å²) in [6, 6.07) is 6.62. The van der Waals surface area contributed by atoms with E-state index in [9.17, 15) is 4.79 Å². The highest BCUT2D eigenvalue weighted by Gasteiger charge is 2.10. The van der Waals surface area contributed by atoms with E-state index in [0.29, 0.717) is 6.61 Å². The van der Waals surface area contributed by atoms with E-state index in [4.69, 9.17) is 4.74 Å². The SMILES string of the molecule is CNCC(=O)OCCc1ccc2c(c1)CCC2. The van der Waals surface area contributed by atoms with E-state index >= 15 is 0 Å². The van der Waals surface area contributed by atoms with Gasteiger partial charge in [0, 0.05) is 6.42 Å². The molecule has 3 nitrogen and oxygen atoms in total. The summed E-state index contributed by atoms with van der Waals surface area (Å²) in [6.45, 7) is 0.753. The van der Waals surface area contributed by atoms with Crippen molar-refractivity contribution in [2.24, 2.45) is 0 Å². The van der Waals surface area contributed by atoms with Gasteiger partial charge in [0.05, 0.1) is 13.2 Å². The van der Waals surface area contributed by atoms with Crippen LogP contribution in [0.4, 0.5) is 0 Å². The Kier molecular flexibility index (Phi) is 4.15. The minimum atomic E-state index is -0.186. The van der Waals surface area contributed by atoms with Crippen LogP contribution < -0.4 is 5.32 Å². The topological polar surface area (TPSA) is 38.3 Å². The van der Waals surface area contributed by atoms with Gasteiger partial charge in [-0.25, -0.2) is 0 Å². The van der Waals surface area contributed by atoms with Crippen LogP contribution in [0.25, 0.3) is 0 Å². The largest absolute Gasteiger partial charge is 0.464 e. The number of carbonyl (C=O) groups is 1. The van der Waals surface area contributed by atoms with Gasteiger partial charge in [-0.05, 0) is 43.0 Å². The number of fused-ring (bicyclic) bond motifs is 1. The quantitative estimate of drug-likeness (QED) is 0.783. The number of esters is 1. The third kappa shape index (κ3) is 3.30. The summed E-state index contributed by atoms with van der Waals surface area (Å²) in [5.74, 6) is -0.186. The Labute approximate surface area is 102 Å². The minimum absolute atomic E-state index is 0.186. The Hall–Kier alpha value is -1.35. The Bertz CT molecular complexity index is 401. The lowest BCUT2D eigenvalue weighted by atomic mass is 10.0. The lowest BCUT2D eigenvalue weighted by molar-refractivity contribution is -0.142. The first kappa shape index (κ1) is 12.1. The number of carbonyl (C=O) groups excluding carboxylic acids is 1. The molecule has 0 aromatic heterocycles. The van der Waals surface area contributed by atoms with E-state index in [1.165, 1.54) is 36.0 Å². The van der Waals surface area contributed by atoms with Gasteiger partial charge in [-0.3, -0.25) is 4.79 Å². The smallest absolute Gasteiger partial charge is 0.319 e. The highest BCUT2D eigenvalue weighted by molar-refractivity contribution is 5.71. The lowest BCUT2D eigenvalue weighted by Crippen LogP contribution is -2.21. The molecular formula is C14H19NO2. The van der Waals surface area contributed by atoms with E-state index in [1.807, 2.05) is 0 Å². The van der Waals surface area contributed by atoms with Crippen molar-refractivity contribution in [3.05, 3.63) is 34.9 Å². The first-order chi connectivity index (χ1) is 8.29. The van der Waals surface area contributed by atoms with Crippen molar-refractivity contribution in [1.29, 1.82) is 0 Å². The zero-order valence-corrected chi connectivity index (χ0v) is 10.3. The first-order valence-electron chi connectivity index (χ1n) is 6.20. The lowest BCUT2D eigenvalue weighted by Gasteiger charge is -2.06. The molecule has 0 aliphatic heterocycles. The maximum absolute atomic E-state index is 11.1. The van der Waals surface area contributed by atoms with E-state index < -0.39 is 0 Å². The predicted octanol–water partition coefficient (Wildman–Crippen LogP) is 1.48. The van der Waals surface area contributed by atoms with Gasteiger partial charge in [0.25, 0.3) is 0 Å². The molecule has 0 heterocycles. The molecule has 1 aromatic rings. The van der Waals surface area contributed by atoms with E-state index in [2.05, 4.69) is 23.5 Å². The molecule has 3 heteroatoms. The molecule has 0 fully saturated rings. The number of benzene rings is 1. The van der Waals surface area contributed by atoms with Crippen LogP contribution in [-0.2, 0) is 28.8 Å². The predicted molar refractivity (Wildman–Crippen MR) is 67.1 cm³/mol. The van der Waals surface area contributed by atoms with Crippen LogP contribution in [0.1, 0.15) is 23.1 Å². The number of nitrogens with one attached hydrogen (secondary N) is 1. The molecule has 0 amide bonds. The third-order valence-electron chi connectivity index (χ3n) is 3.14. The molecule has 1 aliphatic rings. The van der Waals surface area contributed by atoms with Gasteiger partial charge in [0.1, 0.15) is 0 Å². The number of hydrogen-bond donors (Lipinski definition) is 1. The summed E-state index contributed by atoms with van der Waals surface area (Å²) in [5.41, 5.74) is 4.23. The van der Waals surface area contributed by atoms with Gasteiger partial charge in [-0.15, -0.1) is 0 Å². The van der Waals surface area contributed by atoms with E-state index in [0.717, 1.165) is 6.42 Å². The molecule has 1 N–H and O–H groups in total. The zero-order chi connectivity index (χ0) is 12.1. The van der Waals surface area contributed by atoms with Gasteiger partial charge in [-0.1, -0.05) is 18.2 Å². The number of hydrogen-bond acceptors (Lipinski definition) is 3. The van der Waals surface area contributed by atoms with Gasteiger partial charge >= 0.3 is 5.97 Å². The highest BCUT2D eigenvalue weighted by atomic mass is 16.5. The molecular weight excluding hydrogens is 214 g/mol. The maximum Gasteiger partial charge on any atom is 0.319 e. The van der Waals surface area contributed by atoms with Crippen molar-refractivity contribution in [3.8, 4) is 0 Å². The van der Waals surface area contributed by atoms with Crippen molar-refractivity contribution in [3.63, 3.8) is 0 Å². The molecule has 17 heavy (non-hydrogen) atoms. The average molecular weight is 233 g/mol. The van der Waals surface area contributed by atoms with Crippen LogP contribution in [0.2, 0.25) is 0 Å². The van der Waals surface area contributed by atoms with Crippen molar-refractivity contribution in [2.45, 2.75) is 25.7 Å². The fraction of sp³-hybridized carbons (Fsp3) is 0.500. The van der Waals surface area contributed by atoms with Crippen molar-refractivity contribution >= 4 is 5.97 Å². The molecule has 0 unspecified atom stereocenters. The molecule has 1 aromatic carbocycles.